The van der Waals surface area contributed by atoms with Gasteiger partial charge in [-0.05, 0) is 42.5 Å². The molecule has 2 aliphatic heterocycles. The minimum absolute atomic E-state index is 0.176. The Morgan fingerprint density at radius 1 is 1.14 bits per heavy atom. The van der Waals surface area contributed by atoms with Crippen LogP contribution in [0, 0.1) is 0 Å². The molecular weight excluding hydrogens is 372 g/mol. The summed E-state index contributed by atoms with van der Waals surface area (Å²) in [4.78, 5) is 15.2. The van der Waals surface area contributed by atoms with Crippen molar-refractivity contribution in [2.24, 2.45) is 0 Å². The highest BCUT2D eigenvalue weighted by Crippen LogP contribution is 2.43. The summed E-state index contributed by atoms with van der Waals surface area (Å²) in [6, 6.07) is 6.42. The summed E-state index contributed by atoms with van der Waals surface area (Å²) in [6.07, 6.45) is 9.86. The molecule has 0 saturated carbocycles. The Labute approximate surface area is 168 Å². The van der Waals surface area contributed by atoms with Gasteiger partial charge in [-0.2, -0.15) is 0 Å². The number of hydrogen-bond donors (Lipinski definition) is 0. The molecule has 28 heavy (non-hydrogen) atoms. The second-order valence-electron chi connectivity index (χ2n) is 7.20. The molecule has 1 spiro atoms. The standard InChI is InChI=1S/C21H22N4O2S/c1-2-19-16(13-18(1)26-15-17-14-22-6-7-23-17)3-11-27-21(19)4-9-25(10-5-21)20-24-8-12-28-20/h1-2,6-8,12-14H,3-5,9-11,15H2. The molecule has 0 radical (unpaired) electrons. The molecule has 144 valence electrons. The average Bonchev–Trinajstić information content (AvgIpc) is 3.29. The first-order valence-corrected chi connectivity index (χ1v) is 10.5. The summed E-state index contributed by atoms with van der Waals surface area (Å²) < 4.78 is 12.3. The van der Waals surface area contributed by atoms with Crippen molar-refractivity contribution < 1.29 is 9.47 Å². The van der Waals surface area contributed by atoms with Gasteiger partial charge in [-0.1, -0.05) is 6.07 Å². The SMILES string of the molecule is c1cnc(COc2ccc3c(c2)CCOC32CCN(c3nccs3)CC2)cn1. The molecule has 0 unspecified atom stereocenters. The summed E-state index contributed by atoms with van der Waals surface area (Å²) in [7, 11) is 0. The van der Waals surface area contributed by atoms with Crippen molar-refractivity contribution in [2.75, 3.05) is 24.6 Å². The highest BCUT2D eigenvalue weighted by molar-refractivity contribution is 7.13. The van der Waals surface area contributed by atoms with E-state index >= 15 is 0 Å². The summed E-state index contributed by atoms with van der Waals surface area (Å²) in [5.74, 6) is 0.877. The van der Waals surface area contributed by atoms with Gasteiger partial charge in [-0.3, -0.25) is 9.97 Å². The molecule has 5 rings (SSSR count). The average molecular weight is 395 g/mol. The van der Waals surface area contributed by atoms with Gasteiger partial charge in [0.25, 0.3) is 0 Å². The predicted molar refractivity (Wildman–Crippen MR) is 108 cm³/mol. The molecule has 0 aliphatic carbocycles. The lowest BCUT2D eigenvalue weighted by Crippen LogP contribution is -2.46. The molecule has 0 bridgehead atoms. The monoisotopic (exact) mass is 394 g/mol. The smallest absolute Gasteiger partial charge is 0.185 e. The zero-order valence-corrected chi connectivity index (χ0v) is 16.4. The zero-order valence-electron chi connectivity index (χ0n) is 15.6. The van der Waals surface area contributed by atoms with Crippen molar-refractivity contribution in [1.29, 1.82) is 0 Å². The number of benzene rings is 1. The van der Waals surface area contributed by atoms with Crippen LogP contribution in [0.15, 0.2) is 48.4 Å². The normalized spacial score (nSPS) is 18.1. The maximum atomic E-state index is 6.36. The van der Waals surface area contributed by atoms with Gasteiger partial charge in [0.15, 0.2) is 5.13 Å². The van der Waals surface area contributed by atoms with Gasteiger partial charge in [0.05, 0.1) is 24.1 Å². The number of anilines is 1. The molecule has 0 atom stereocenters. The van der Waals surface area contributed by atoms with Gasteiger partial charge in [-0.15, -0.1) is 11.3 Å². The van der Waals surface area contributed by atoms with Crippen molar-refractivity contribution >= 4 is 16.5 Å². The minimum atomic E-state index is -0.176. The molecule has 4 heterocycles. The Bertz CT molecular complexity index is 925. The Balaban J connectivity index is 1.31. The quantitative estimate of drug-likeness (QED) is 0.674. The van der Waals surface area contributed by atoms with E-state index in [1.54, 1.807) is 29.9 Å². The first kappa shape index (κ1) is 17.6. The number of aromatic nitrogens is 3. The second-order valence-corrected chi connectivity index (χ2v) is 8.07. The van der Waals surface area contributed by atoms with Crippen molar-refractivity contribution in [3.8, 4) is 5.75 Å². The zero-order chi connectivity index (χ0) is 18.8. The molecular formula is C21H22N4O2S. The van der Waals surface area contributed by atoms with E-state index in [9.17, 15) is 0 Å². The number of ether oxygens (including phenoxy) is 2. The van der Waals surface area contributed by atoms with Crippen LogP contribution in [-0.2, 0) is 23.4 Å². The van der Waals surface area contributed by atoms with Crippen molar-refractivity contribution in [3.63, 3.8) is 0 Å². The van der Waals surface area contributed by atoms with E-state index in [1.807, 2.05) is 11.6 Å². The van der Waals surface area contributed by atoms with Gasteiger partial charge in [-0.25, -0.2) is 4.98 Å². The Kier molecular flexibility index (Phi) is 4.70. The molecule has 1 aromatic carbocycles. The highest BCUT2D eigenvalue weighted by atomic mass is 32.1. The van der Waals surface area contributed by atoms with Crippen LogP contribution in [0.2, 0.25) is 0 Å². The largest absolute Gasteiger partial charge is 0.487 e. The molecule has 1 saturated heterocycles. The van der Waals surface area contributed by atoms with E-state index in [4.69, 9.17) is 9.47 Å². The van der Waals surface area contributed by atoms with E-state index in [2.05, 4.69) is 38.1 Å². The van der Waals surface area contributed by atoms with Gasteiger partial charge < -0.3 is 14.4 Å². The summed E-state index contributed by atoms with van der Waals surface area (Å²) in [5, 5.41) is 3.15. The Hall–Kier alpha value is -2.51. The first-order chi connectivity index (χ1) is 13.8. The molecule has 6 nitrogen and oxygen atoms in total. The summed E-state index contributed by atoms with van der Waals surface area (Å²) >= 11 is 1.70. The Morgan fingerprint density at radius 2 is 2.07 bits per heavy atom. The molecule has 3 aromatic rings. The number of hydrogen-bond acceptors (Lipinski definition) is 7. The number of nitrogens with zero attached hydrogens (tertiary/aromatic N) is 4. The van der Waals surface area contributed by atoms with E-state index < -0.39 is 0 Å². The van der Waals surface area contributed by atoms with Crippen molar-refractivity contribution in [1.82, 2.24) is 15.0 Å². The maximum absolute atomic E-state index is 6.36. The molecule has 2 aliphatic rings. The summed E-state index contributed by atoms with van der Waals surface area (Å²) in [6.45, 7) is 3.13. The number of rotatable bonds is 4. The molecule has 7 heteroatoms. The molecule has 0 amide bonds. The van der Waals surface area contributed by atoms with E-state index in [0.29, 0.717) is 6.61 Å². The van der Waals surface area contributed by atoms with Gasteiger partial charge in [0.2, 0.25) is 0 Å². The number of fused-ring (bicyclic) bond motifs is 2. The fourth-order valence-corrected chi connectivity index (χ4v) is 4.85. The highest BCUT2D eigenvalue weighted by Gasteiger charge is 2.41. The van der Waals surface area contributed by atoms with Crippen LogP contribution < -0.4 is 9.64 Å². The van der Waals surface area contributed by atoms with Crippen LogP contribution >= 0.6 is 11.3 Å². The van der Waals surface area contributed by atoms with Crippen LogP contribution in [-0.4, -0.2) is 34.6 Å². The topological polar surface area (TPSA) is 60.4 Å². The van der Waals surface area contributed by atoms with Crippen LogP contribution in [0.4, 0.5) is 5.13 Å². The van der Waals surface area contributed by atoms with Crippen LogP contribution in [0.1, 0.15) is 29.7 Å². The number of piperidine rings is 1. The lowest BCUT2D eigenvalue weighted by atomic mass is 9.79. The van der Waals surface area contributed by atoms with E-state index in [0.717, 1.165) is 55.5 Å². The van der Waals surface area contributed by atoms with Gasteiger partial charge in [0, 0.05) is 37.1 Å². The van der Waals surface area contributed by atoms with Gasteiger partial charge in [0.1, 0.15) is 12.4 Å². The summed E-state index contributed by atoms with van der Waals surface area (Å²) in [5.41, 5.74) is 3.31. The lowest BCUT2D eigenvalue weighted by molar-refractivity contribution is -0.0766. The third-order valence-corrected chi connectivity index (χ3v) is 6.41. The predicted octanol–water partition coefficient (Wildman–Crippen LogP) is 3.58. The van der Waals surface area contributed by atoms with Gasteiger partial charge >= 0.3 is 0 Å². The van der Waals surface area contributed by atoms with Crippen LogP contribution in [0.5, 0.6) is 5.75 Å². The Morgan fingerprint density at radius 3 is 2.86 bits per heavy atom. The third kappa shape index (κ3) is 3.36. The molecule has 0 N–H and O–H groups in total. The fourth-order valence-electron chi connectivity index (χ4n) is 4.15. The van der Waals surface area contributed by atoms with Crippen molar-refractivity contribution in [3.05, 3.63) is 65.2 Å². The minimum Gasteiger partial charge on any atom is -0.487 e. The van der Waals surface area contributed by atoms with Crippen LogP contribution in [0.25, 0.3) is 0 Å². The molecule has 2 aromatic heterocycles. The van der Waals surface area contributed by atoms with E-state index in [-0.39, 0.29) is 5.60 Å². The molecule has 1 fully saturated rings. The first-order valence-electron chi connectivity index (χ1n) is 9.62. The van der Waals surface area contributed by atoms with Crippen molar-refractivity contribution in [2.45, 2.75) is 31.5 Å². The second kappa shape index (κ2) is 7.48. The lowest BCUT2D eigenvalue weighted by Gasteiger charge is -2.45. The number of thiazole rings is 1. The van der Waals surface area contributed by atoms with Crippen LogP contribution in [0.3, 0.4) is 0 Å². The maximum Gasteiger partial charge on any atom is 0.185 e. The third-order valence-electron chi connectivity index (χ3n) is 5.58. The fraction of sp³-hybridized carbons (Fsp3) is 0.381. The van der Waals surface area contributed by atoms with E-state index in [1.165, 1.54) is 11.1 Å².